The van der Waals surface area contributed by atoms with E-state index in [1.54, 1.807) is 50.6 Å². The quantitative estimate of drug-likeness (QED) is 0.647. The maximum Gasteiger partial charge on any atom is 0.229 e. The first-order valence-corrected chi connectivity index (χ1v) is 11.3. The van der Waals surface area contributed by atoms with E-state index in [2.05, 4.69) is 10.8 Å². The van der Waals surface area contributed by atoms with Crippen LogP contribution < -0.4 is 18.9 Å². The van der Waals surface area contributed by atoms with Crippen molar-refractivity contribution in [2.45, 2.75) is 6.10 Å². The van der Waals surface area contributed by atoms with Crippen LogP contribution in [0.25, 0.3) is 11.1 Å². The van der Waals surface area contributed by atoms with E-state index in [1.807, 2.05) is 18.2 Å². The number of benzene rings is 3. The van der Waals surface area contributed by atoms with Crippen molar-refractivity contribution in [3.8, 4) is 34.4 Å². The summed E-state index contributed by atoms with van der Waals surface area (Å²) >= 11 is 0. The number of ether oxygens (including phenoxy) is 3. The molecule has 31 heavy (non-hydrogen) atoms. The van der Waals surface area contributed by atoms with Gasteiger partial charge in [0.05, 0.1) is 32.1 Å². The third kappa shape index (κ3) is 3.88. The summed E-state index contributed by atoms with van der Waals surface area (Å²) in [4.78, 5) is 0. The zero-order chi connectivity index (χ0) is 22.2. The lowest BCUT2D eigenvalue weighted by atomic mass is 9.87. The second-order valence-corrected chi connectivity index (χ2v) is 8.83. The van der Waals surface area contributed by atoms with Crippen molar-refractivity contribution in [2.24, 2.45) is 0 Å². The Morgan fingerprint density at radius 3 is 2.48 bits per heavy atom. The van der Waals surface area contributed by atoms with E-state index in [-0.39, 0.29) is 0 Å². The van der Waals surface area contributed by atoms with Crippen LogP contribution in [0.2, 0.25) is 0 Å². The number of sulfonamides is 1. The number of nitrogens with zero attached hydrogens (tertiary/aromatic N) is 1. The monoisotopic (exact) mass is 436 g/mol. The number of hydrogen-bond donors (Lipinski definition) is 1. The molecule has 0 spiro atoms. The molecular weight excluding hydrogens is 416 g/mol. The number of methoxy groups -OCH3 is 2. The highest BCUT2D eigenvalue weighted by atomic mass is 32.2. The van der Waals surface area contributed by atoms with Crippen molar-refractivity contribution in [1.82, 2.24) is 0 Å². The van der Waals surface area contributed by atoms with Crippen molar-refractivity contribution in [3.05, 3.63) is 71.3 Å². The highest BCUT2D eigenvalue weighted by Gasteiger charge is 2.30. The van der Waals surface area contributed by atoms with E-state index < -0.39 is 16.1 Å². The van der Waals surface area contributed by atoms with Gasteiger partial charge in [0, 0.05) is 22.4 Å². The lowest BCUT2D eigenvalue weighted by Crippen LogP contribution is -2.17. The lowest BCUT2D eigenvalue weighted by Gasteiger charge is -2.30. The van der Waals surface area contributed by atoms with Crippen LogP contribution in [0.1, 0.15) is 22.8 Å². The third-order valence-electron chi connectivity index (χ3n) is 5.01. The van der Waals surface area contributed by atoms with Gasteiger partial charge in [-0.2, -0.15) is 5.26 Å². The van der Waals surface area contributed by atoms with E-state index in [0.717, 1.165) is 22.9 Å². The van der Waals surface area contributed by atoms with Crippen LogP contribution in [0.15, 0.2) is 54.6 Å². The normalized spacial score (nSPS) is 14.5. The minimum absolute atomic E-state index is 0.410. The molecule has 1 atom stereocenters. The predicted octanol–water partition coefficient (Wildman–Crippen LogP) is 4.10. The van der Waals surface area contributed by atoms with Gasteiger partial charge in [-0.05, 0) is 42.0 Å². The number of anilines is 1. The van der Waals surface area contributed by atoms with E-state index in [4.69, 9.17) is 14.2 Å². The number of hydrogen-bond acceptors (Lipinski definition) is 6. The standard InChI is InChI=1S/C23H20N2O5S/c1-28-19-10-7-14(11-21(19)29-2)23-18-12-16(25-31(3,26)27)8-9-17(18)22-15(13-24)5-4-6-20(22)30-23/h4-12,23,25H,1-3H3. The molecule has 0 fully saturated rings. The molecule has 8 heteroatoms. The first-order valence-electron chi connectivity index (χ1n) is 9.38. The molecule has 0 aliphatic carbocycles. The van der Waals surface area contributed by atoms with Crippen LogP contribution in [-0.2, 0) is 10.0 Å². The molecule has 0 aromatic heterocycles. The molecule has 0 amide bonds. The maximum absolute atomic E-state index is 11.8. The van der Waals surface area contributed by atoms with Gasteiger partial charge in [-0.3, -0.25) is 4.72 Å². The molecule has 1 heterocycles. The fourth-order valence-electron chi connectivity index (χ4n) is 3.74. The van der Waals surface area contributed by atoms with Gasteiger partial charge in [0.2, 0.25) is 10.0 Å². The molecule has 0 saturated carbocycles. The average Bonchev–Trinajstić information content (AvgIpc) is 2.76. The fraction of sp³-hybridized carbons (Fsp3) is 0.174. The first kappa shape index (κ1) is 20.6. The Morgan fingerprint density at radius 1 is 1.03 bits per heavy atom. The molecule has 158 valence electrons. The van der Waals surface area contributed by atoms with Gasteiger partial charge in [-0.1, -0.05) is 18.2 Å². The summed E-state index contributed by atoms with van der Waals surface area (Å²) in [6.45, 7) is 0. The molecule has 3 aromatic carbocycles. The molecule has 0 radical (unpaired) electrons. The molecule has 1 aliphatic rings. The molecular formula is C23H20N2O5S. The van der Waals surface area contributed by atoms with Crippen LogP contribution in [0.4, 0.5) is 5.69 Å². The molecule has 1 aliphatic heterocycles. The Balaban J connectivity index is 1.93. The largest absolute Gasteiger partial charge is 0.493 e. The topological polar surface area (TPSA) is 97.6 Å². The summed E-state index contributed by atoms with van der Waals surface area (Å²) in [5.41, 5.74) is 3.90. The Morgan fingerprint density at radius 2 is 1.81 bits per heavy atom. The second kappa shape index (κ2) is 7.85. The van der Waals surface area contributed by atoms with Crippen molar-refractivity contribution in [1.29, 1.82) is 5.26 Å². The molecule has 0 saturated heterocycles. The second-order valence-electron chi connectivity index (χ2n) is 7.08. The summed E-state index contributed by atoms with van der Waals surface area (Å²) in [5, 5.41) is 9.61. The molecule has 1 unspecified atom stereocenters. The maximum atomic E-state index is 11.8. The van der Waals surface area contributed by atoms with Gasteiger partial charge in [0.15, 0.2) is 11.5 Å². The van der Waals surface area contributed by atoms with Crippen LogP contribution >= 0.6 is 0 Å². The van der Waals surface area contributed by atoms with Crippen molar-refractivity contribution in [3.63, 3.8) is 0 Å². The van der Waals surface area contributed by atoms with Gasteiger partial charge in [0.1, 0.15) is 11.9 Å². The van der Waals surface area contributed by atoms with Gasteiger partial charge < -0.3 is 14.2 Å². The van der Waals surface area contributed by atoms with Crippen LogP contribution in [0.3, 0.4) is 0 Å². The molecule has 3 aromatic rings. The summed E-state index contributed by atoms with van der Waals surface area (Å²) in [5.74, 6) is 1.71. The zero-order valence-corrected chi connectivity index (χ0v) is 18.0. The van der Waals surface area contributed by atoms with Gasteiger partial charge >= 0.3 is 0 Å². The zero-order valence-electron chi connectivity index (χ0n) is 17.2. The van der Waals surface area contributed by atoms with Crippen molar-refractivity contribution in [2.75, 3.05) is 25.2 Å². The van der Waals surface area contributed by atoms with Crippen LogP contribution in [-0.4, -0.2) is 28.9 Å². The van der Waals surface area contributed by atoms with Crippen molar-refractivity contribution < 1.29 is 22.6 Å². The van der Waals surface area contributed by atoms with Crippen LogP contribution in [0.5, 0.6) is 17.2 Å². The minimum Gasteiger partial charge on any atom is -0.493 e. The van der Waals surface area contributed by atoms with E-state index in [0.29, 0.717) is 34.1 Å². The van der Waals surface area contributed by atoms with Gasteiger partial charge in [-0.25, -0.2) is 8.42 Å². The Hall–Kier alpha value is -3.70. The van der Waals surface area contributed by atoms with E-state index in [1.165, 1.54) is 0 Å². The molecule has 0 bridgehead atoms. The van der Waals surface area contributed by atoms with Gasteiger partial charge in [0.25, 0.3) is 0 Å². The predicted molar refractivity (Wildman–Crippen MR) is 117 cm³/mol. The van der Waals surface area contributed by atoms with Crippen molar-refractivity contribution >= 4 is 15.7 Å². The summed E-state index contributed by atoms with van der Waals surface area (Å²) in [6, 6.07) is 18.2. The van der Waals surface area contributed by atoms with E-state index >= 15 is 0 Å². The Kier molecular flexibility index (Phi) is 5.21. The third-order valence-corrected chi connectivity index (χ3v) is 5.61. The fourth-order valence-corrected chi connectivity index (χ4v) is 4.29. The number of fused-ring (bicyclic) bond motifs is 3. The summed E-state index contributed by atoms with van der Waals surface area (Å²) in [6.07, 6.45) is 0.551. The number of nitrogens with one attached hydrogen (secondary N) is 1. The van der Waals surface area contributed by atoms with E-state index in [9.17, 15) is 13.7 Å². The highest BCUT2D eigenvalue weighted by Crippen LogP contribution is 2.47. The summed E-state index contributed by atoms with van der Waals surface area (Å²) in [7, 11) is -0.341. The Bertz CT molecular complexity index is 1310. The highest BCUT2D eigenvalue weighted by molar-refractivity contribution is 7.92. The molecule has 7 nitrogen and oxygen atoms in total. The smallest absolute Gasteiger partial charge is 0.229 e. The number of rotatable bonds is 5. The first-order chi connectivity index (χ1) is 14.8. The summed E-state index contributed by atoms with van der Waals surface area (Å²) < 4.78 is 43.1. The van der Waals surface area contributed by atoms with Gasteiger partial charge in [-0.15, -0.1) is 0 Å². The average molecular weight is 436 g/mol. The SMILES string of the molecule is COc1ccc(C2Oc3cccc(C#N)c3-c3ccc(NS(C)(=O)=O)cc32)cc1OC. The Labute approximate surface area is 180 Å². The molecule has 1 N–H and O–H groups in total. The molecule has 4 rings (SSSR count). The lowest BCUT2D eigenvalue weighted by molar-refractivity contribution is 0.242. The minimum atomic E-state index is -3.46. The van der Waals surface area contributed by atoms with Crippen LogP contribution in [0, 0.1) is 11.3 Å². The number of nitriles is 1.